The highest BCUT2D eigenvalue weighted by Crippen LogP contribution is 2.27. The molecule has 0 aliphatic carbocycles. The summed E-state index contributed by atoms with van der Waals surface area (Å²) in [6.07, 6.45) is 1.46. The zero-order chi connectivity index (χ0) is 12.8. The highest BCUT2D eigenvalue weighted by atomic mass is 35.5. The summed E-state index contributed by atoms with van der Waals surface area (Å²) >= 11 is 6.09. The molecule has 1 aromatic carbocycles. The molecule has 1 atom stereocenters. The SMILES string of the molecule is CCC(N)Cc1c(Cl)cccc1OCC(N)=O. The summed E-state index contributed by atoms with van der Waals surface area (Å²) in [4.78, 5) is 10.7. The van der Waals surface area contributed by atoms with E-state index in [2.05, 4.69) is 0 Å². The number of amides is 1. The molecule has 0 saturated carbocycles. The van der Waals surface area contributed by atoms with Gasteiger partial charge < -0.3 is 16.2 Å². The molecule has 0 heterocycles. The molecule has 0 spiro atoms. The fourth-order valence-electron chi connectivity index (χ4n) is 1.43. The lowest BCUT2D eigenvalue weighted by molar-refractivity contribution is -0.119. The van der Waals surface area contributed by atoms with E-state index in [0.29, 0.717) is 17.2 Å². The lowest BCUT2D eigenvalue weighted by Crippen LogP contribution is -2.23. The Labute approximate surface area is 106 Å². The van der Waals surface area contributed by atoms with Crippen molar-refractivity contribution < 1.29 is 9.53 Å². The van der Waals surface area contributed by atoms with Crippen LogP contribution < -0.4 is 16.2 Å². The summed E-state index contributed by atoms with van der Waals surface area (Å²) in [7, 11) is 0. The van der Waals surface area contributed by atoms with Crippen LogP contribution in [0.4, 0.5) is 0 Å². The van der Waals surface area contributed by atoms with Gasteiger partial charge in [0.05, 0.1) is 0 Å². The van der Waals surface area contributed by atoms with Crippen LogP contribution in [0.2, 0.25) is 5.02 Å². The lowest BCUT2D eigenvalue weighted by Gasteiger charge is -2.15. The van der Waals surface area contributed by atoms with E-state index in [0.717, 1.165) is 12.0 Å². The number of hydrogen-bond acceptors (Lipinski definition) is 3. The molecule has 1 amide bonds. The van der Waals surface area contributed by atoms with Crippen LogP contribution in [0.15, 0.2) is 18.2 Å². The number of benzene rings is 1. The van der Waals surface area contributed by atoms with Crippen LogP contribution in [-0.2, 0) is 11.2 Å². The van der Waals surface area contributed by atoms with Crippen molar-refractivity contribution in [3.63, 3.8) is 0 Å². The lowest BCUT2D eigenvalue weighted by atomic mass is 10.0. The van der Waals surface area contributed by atoms with Crippen molar-refractivity contribution in [2.75, 3.05) is 6.61 Å². The van der Waals surface area contributed by atoms with Crippen molar-refractivity contribution in [2.45, 2.75) is 25.8 Å². The number of carbonyl (C=O) groups excluding carboxylic acids is 1. The van der Waals surface area contributed by atoms with Crippen LogP contribution in [0.3, 0.4) is 0 Å². The smallest absolute Gasteiger partial charge is 0.255 e. The molecule has 0 aromatic heterocycles. The van der Waals surface area contributed by atoms with Crippen LogP contribution in [0.25, 0.3) is 0 Å². The van der Waals surface area contributed by atoms with Gasteiger partial charge in [-0.3, -0.25) is 4.79 Å². The summed E-state index contributed by atoms with van der Waals surface area (Å²) in [5.74, 6) is 0.0518. The Morgan fingerprint density at radius 2 is 2.24 bits per heavy atom. The average molecular weight is 257 g/mol. The molecular weight excluding hydrogens is 240 g/mol. The van der Waals surface area contributed by atoms with E-state index in [4.69, 9.17) is 27.8 Å². The Balaban J connectivity index is 2.87. The van der Waals surface area contributed by atoms with Gasteiger partial charge in [-0.05, 0) is 25.0 Å². The normalized spacial score (nSPS) is 12.2. The zero-order valence-electron chi connectivity index (χ0n) is 9.78. The molecule has 0 aliphatic rings. The zero-order valence-corrected chi connectivity index (χ0v) is 10.5. The van der Waals surface area contributed by atoms with Crippen LogP contribution >= 0.6 is 11.6 Å². The Morgan fingerprint density at radius 1 is 1.53 bits per heavy atom. The summed E-state index contributed by atoms with van der Waals surface area (Å²) in [6, 6.07) is 5.31. The van der Waals surface area contributed by atoms with Crippen LogP contribution in [0.5, 0.6) is 5.75 Å². The van der Waals surface area contributed by atoms with Gasteiger partial charge in [-0.1, -0.05) is 24.6 Å². The largest absolute Gasteiger partial charge is 0.483 e. The Bertz CT molecular complexity index is 396. The van der Waals surface area contributed by atoms with Gasteiger partial charge in [-0.2, -0.15) is 0 Å². The topological polar surface area (TPSA) is 78.3 Å². The number of halogens is 1. The first-order chi connectivity index (χ1) is 8.04. The van der Waals surface area contributed by atoms with E-state index < -0.39 is 5.91 Å². The minimum absolute atomic E-state index is 0.0193. The third-order valence-corrected chi connectivity index (χ3v) is 2.79. The number of ether oxygens (including phenoxy) is 1. The number of rotatable bonds is 6. The standard InChI is InChI=1S/C12H17ClN2O2/c1-2-8(14)6-9-10(13)4-3-5-11(9)17-7-12(15)16/h3-5,8H,2,6-7,14H2,1H3,(H2,15,16). The van der Waals surface area contributed by atoms with E-state index in [-0.39, 0.29) is 12.6 Å². The monoisotopic (exact) mass is 256 g/mol. The maximum Gasteiger partial charge on any atom is 0.255 e. The molecule has 17 heavy (non-hydrogen) atoms. The van der Waals surface area contributed by atoms with Gasteiger partial charge in [0.1, 0.15) is 5.75 Å². The van der Waals surface area contributed by atoms with Crippen LogP contribution in [-0.4, -0.2) is 18.6 Å². The predicted octanol–water partition coefficient (Wildman–Crippen LogP) is 1.48. The number of nitrogens with two attached hydrogens (primary N) is 2. The van der Waals surface area contributed by atoms with E-state index in [1.807, 2.05) is 6.92 Å². The van der Waals surface area contributed by atoms with Crippen LogP contribution in [0.1, 0.15) is 18.9 Å². The minimum Gasteiger partial charge on any atom is -0.483 e. The van der Waals surface area contributed by atoms with Gasteiger partial charge in [0.15, 0.2) is 6.61 Å². The van der Waals surface area contributed by atoms with E-state index in [9.17, 15) is 4.79 Å². The number of primary amides is 1. The van der Waals surface area contributed by atoms with Crippen molar-refractivity contribution in [1.29, 1.82) is 0 Å². The predicted molar refractivity (Wildman–Crippen MR) is 68.1 cm³/mol. The molecule has 4 N–H and O–H groups in total. The van der Waals surface area contributed by atoms with E-state index in [1.54, 1.807) is 18.2 Å². The van der Waals surface area contributed by atoms with Gasteiger partial charge in [-0.15, -0.1) is 0 Å². The molecule has 0 bridgehead atoms. The third-order valence-electron chi connectivity index (χ3n) is 2.44. The van der Waals surface area contributed by atoms with Gasteiger partial charge in [0.2, 0.25) is 0 Å². The van der Waals surface area contributed by atoms with Gasteiger partial charge in [0, 0.05) is 16.6 Å². The molecule has 0 fully saturated rings. The summed E-state index contributed by atoms with van der Waals surface area (Å²) in [6.45, 7) is 1.85. The van der Waals surface area contributed by atoms with Gasteiger partial charge in [0.25, 0.3) is 5.91 Å². The molecule has 0 aliphatic heterocycles. The second-order valence-corrected chi connectivity index (χ2v) is 4.25. The molecule has 4 nitrogen and oxygen atoms in total. The van der Waals surface area contributed by atoms with Crippen molar-refractivity contribution in [3.05, 3.63) is 28.8 Å². The second kappa shape index (κ2) is 6.47. The Hall–Kier alpha value is -1.26. The average Bonchev–Trinajstić information content (AvgIpc) is 2.29. The van der Waals surface area contributed by atoms with E-state index >= 15 is 0 Å². The summed E-state index contributed by atoms with van der Waals surface area (Å²) < 4.78 is 5.31. The Kier molecular flexibility index (Phi) is 5.25. The molecular formula is C12H17ClN2O2. The highest BCUT2D eigenvalue weighted by Gasteiger charge is 2.12. The fraction of sp³-hybridized carbons (Fsp3) is 0.417. The Morgan fingerprint density at radius 3 is 2.82 bits per heavy atom. The molecule has 0 radical (unpaired) electrons. The maximum atomic E-state index is 10.7. The first-order valence-corrected chi connectivity index (χ1v) is 5.86. The summed E-state index contributed by atoms with van der Waals surface area (Å²) in [5, 5.41) is 0.593. The van der Waals surface area contributed by atoms with Crippen molar-refractivity contribution >= 4 is 17.5 Å². The van der Waals surface area contributed by atoms with E-state index in [1.165, 1.54) is 0 Å². The number of carbonyl (C=O) groups is 1. The van der Waals surface area contributed by atoms with Crippen molar-refractivity contribution in [3.8, 4) is 5.75 Å². The molecule has 94 valence electrons. The highest BCUT2D eigenvalue weighted by molar-refractivity contribution is 6.31. The van der Waals surface area contributed by atoms with Gasteiger partial charge >= 0.3 is 0 Å². The number of hydrogen-bond donors (Lipinski definition) is 2. The molecule has 1 unspecified atom stereocenters. The third kappa shape index (κ3) is 4.24. The molecule has 1 rings (SSSR count). The quantitative estimate of drug-likeness (QED) is 0.809. The van der Waals surface area contributed by atoms with Crippen molar-refractivity contribution in [1.82, 2.24) is 0 Å². The van der Waals surface area contributed by atoms with Crippen molar-refractivity contribution in [2.24, 2.45) is 11.5 Å². The first-order valence-electron chi connectivity index (χ1n) is 5.48. The summed E-state index contributed by atoms with van der Waals surface area (Å²) in [5.41, 5.74) is 11.8. The second-order valence-electron chi connectivity index (χ2n) is 3.84. The first kappa shape index (κ1) is 13.8. The minimum atomic E-state index is -0.518. The molecule has 5 heteroatoms. The molecule has 1 aromatic rings. The fourth-order valence-corrected chi connectivity index (χ4v) is 1.67. The van der Waals surface area contributed by atoms with Crippen LogP contribution in [0, 0.1) is 0 Å². The maximum absolute atomic E-state index is 10.7. The van der Waals surface area contributed by atoms with Gasteiger partial charge in [-0.25, -0.2) is 0 Å². The molecule has 0 saturated heterocycles.